The second kappa shape index (κ2) is 10.4. The minimum Gasteiger partial charge on any atom is -0.450 e. The van der Waals surface area contributed by atoms with Crippen molar-refractivity contribution >= 4 is 29.2 Å². The van der Waals surface area contributed by atoms with Crippen LogP contribution in [0.4, 0.5) is 9.18 Å². The molecule has 0 aliphatic heterocycles. The molecule has 10 nitrogen and oxygen atoms in total. The van der Waals surface area contributed by atoms with Crippen LogP contribution in [0.25, 0.3) is 16.4 Å². The molecule has 162 valence electrons. The zero-order chi connectivity index (χ0) is 22.2. The maximum absolute atomic E-state index is 13.3. The second-order valence-electron chi connectivity index (χ2n) is 6.00. The summed E-state index contributed by atoms with van der Waals surface area (Å²) in [4.78, 5) is 40.6. The molecule has 0 aliphatic carbocycles. The Morgan fingerprint density at radius 2 is 1.97 bits per heavy atom. The van der Waals surface area contributed by atoms with Crippen molar-refractivity contribution in [2.24, 2.45) is 0 Å². The Balaban J connectivity index is 1.69. The lowest BCUT2D eigenvalue weighted by molar-refractivity contribution is -0.123. The third-order valence-electron chi connectivity index (χ3n) is 3.78. The van der Waals surface area contributed by atoms with Crippen molar-refractivity contribution in [3.63, 3.8) is 0 Å². The largest absolute Gasteiger partial charge is 0.450 e. The summed E-state index contributed by atoms with van der Waals surface area (Å²) in [5, 5.41) is 10.4. The van der Waals surface area contributed by atoms with Gasteiger partial charge in [0.05, 0.1) is 17.2 Å². The van der Waals surface area contributed by atoms with Crippen LogP contribution in [0.15, 0.2) is 41.8 Å². The van der Waals surface area contributed by atoms with E-state index in [1.807, 2.05) is 16.8 Å². The first-order valence-electron chi connectivity index (χ1n) is 8.98. The molecule has 3 aromatic rings. The molecular formula is C19H18FN5O5S. The van der Waals surface area contributed by atoms with E-state index in [0.29, 0.717) is 11.5 Å². The van der Waals surface area contributed by atoms with E-state index in [1.165, 1.54) is 47.4 Å². The van der Waals surface area contributed by atoms with Gasteiger partial charge in [-0.1, -0.05) is 6.07 Å². The number of methoxy groups -OCH3 is 1. The van der Waals surface area contributed by atoms with Crippen LogP contribution in [0.1, 0.15) is 10.6 Å². The van der Waals surface area contributed by atoms with Crippen LogP contribution in [-0.2, 0) is 14.3 Å². The standard InChI is InChI=1S/C19H18FN5O5S/c1-29-9-8-21-19(28)22-15(26)11-30-18(27)16-23-17(14-3-2-10-31-14)25(24-16)13-6-4-12(20)5-7-13/h2-7,10H,8-9,11H2,1H3,(H2,21,22,26,28). The number of carbonyl (C=O) groups excluding carboxylic acids is 3. The first-order valence-corrected chi connectivity index (χ1v) is 9.86. The Bertz CT molecular complexity index is 1050. The minimum atomic E-state index is -0.950. The van der Waals surface area contributed by atoms with Crippen LogP contribution in [0.2, 0.25) is 0 Å². The molecule has 0 fully saturated rings. The highest BCUT2D eigenvalue weighted by Gasteiger charge is 2.21. The fourth-order valence-corrected chi connectivity index (χ4v) is 3.09. The van der Waals surface area contributed by atoms with Crippen molar-refractivity contribution in [1.82, 2.24) is 25.4 Å². The van der Waals surface area contributed by atoms with Gasteiger partial charge in [0.15, 0.2) is 12.4 Å². The lowest BCUT2D eigenvalue weighted by Crippen LogP contribution is -2.42. The van der Waals surface area contributed by atoms with Gasteiger partial charge in [0.2, 0.25) is 0 Å². The van der Waals surface area contributed by atoms with Crippen molar-refractivity contribution in [3.05, 3.63) is 53.4 Å². The van der Waals surface area contributed by atoms with Gasteiger partial charge in [-0.15, -0.1) is 16.4 Å². The maximum atomic E-state index is 13.3. The van der Waals surface area contributed by atoms with E-state index in [9.17, 15) is 18.8 Å². The number of ether oxygens (including phenoxy) is 2. The van der Waals surface area contributed by atoms with Gasteiger partial charge >= 0.3 is 12.0 Å². The summed E-state index contributed by atoms with van der Waals surface area (Å²) in [6.07, 6.45) is 0. The molecule has 0 bridgehead atoms. The van der Waals surface area contributed by atoms with E-state index >= 15 is 0 Å². The molecule has 0 saturated carbocycles. The first kappa shape index (κ1) is 22.1. The van der Waals surface area contributed by atoms with Gasteiger partial charge in [-0.25, -0.2) is 18.7 Å². The van der Waals surface area contributed by atoms with Gasteiger partial charge in [-0.2, -0.15) is 4.98 Å². The number of amides is 3. The quantitative estimate of drug-likeness (QED) is 0.398. The summed E-state index contributed by atoms with van der Waals surface area (Å²) in [7, 11) is 1.47. The van der Waals surface area contributed by atoms with Crippen molar-refractivity contribution in [2.45, 2.75) is 0 Å². The summed E-state index contributed by atoms with van der Waals surface area (Å²) >= 11 is 1.38. The number of aromatic nitrogens is 3. The predicted molar refractivity (Wildman–Crippen MR) is 108 cm³/mol. The van der Waals surface area contributed by atoms with Gasteiger partial charge < -0.3 is 14.8 Å². The summed E-state index contributed by atoms with van der Waals surface area (Å²) in [5.41, 5.74) is 0.488. The van der Waals surface area contributed by atoms with Gasteiger partial charge in [0, 0.05) is 13.7 Å². The van der Waals surface area contributed by atoms with Crippen LogP contribution in [0.3, 0.4) is 0 Å². The Hall–Kier alpha value is -3.64. The molecule has 12 heteroatoms. The molecule has 0 unspecified atom stereocenters. The normalized spacial score (nSPS) is 10.5. The smallest absolute Gasteiger partial charge is 0.378 e. The highest BCUT2D eigenvalue weighted by molar-refractivity contribution is 7.13. The Morgan fingerprint density at radius 1 is 1.19 bits per heavy atom. The van der Waals surface area contributed by atoms with Gasteiger partial charge in [-0.05, 0) is 35.7 Å². The summed E-state index contributed by atoms with van der Waals surface area (Å²) in [6.45, 7) is -0.201. The number of nitrogens with zero attached hydrogens (tertiary/aromatic N) is 3. The molecule has 2 aromatic heterocycles. The number of esters is 1. The molecule has 3 amide bonds. The van der Waals surface area contributed by atoms with Crippen LogP contribution in [0.5, 0.6) is 0 Å². The van der Waals surface area contributed by atoms with E-state index in [2.05, 4.69) is 15.4 Å². The predicted octanol–water partition coefficient (Wildman–Crippen LogP) is 1.76. The van der Waals surface area contributed by atoms with Crippen LogP contribution < -0.4 is 10.6 Å². The molecule has 0 atom stereocenters. The van der Waals surface area contributed by atoms with Crippen molar-refractivity contribution in [3.8, 4) is 16.4 Å². The summed E-state index contributed by atoms with van der Waals surface area (Å²) < 4.78 is 24.3. The molecule has 0 saturated heterocycles. The van der Waals surface area contributed by atoms with Crippen molar-refractivity contribution < 1.29 is 28.2 Å². The number of benzene rings is 1. The van der Waals surface area contributed by atoms with E-state index in [1.54, 1.807) is 6.07 Å². The van der Waals surface area contributed by atoms with Crippen molar-refractivity contribution in [1.29, 1.82) is 0 Å². The Kier molecular flexibility index (Phi) is 7.40. The third kappa shape index (κ3) is 5.93. The fourth-order valence-electron chi connectivity index (χ4n) is 2.40. The number of hydrogen-bond acceptors (Lipinski definition) is 8. The highest BCUT2D eigenvalue weighted by atomic mass is 32.1. The summed E-state index contributed by atoms with van der Waals surface area (Å²) in [6, 6.07) is 8.36. The number of urea groups is 1. The Morgan fingerprint density at radius 3 is 2.65 bits per heavy atom. The number of halogens is 1. The number of carbonyl (C=O) groups is 3. The van der Waals surface area contributed by atoms with E-state index in [0.717, 1.165) is 4.88 Å². The maximum Gasteiger partial charge on any atom is 0.378 e. The Labute approximate surface area is 180 Å². The molecule has 1 aromatic carbocycles. The number of rotatable bonds is 8. The SMILES string of the molecule is COCCNC(=O)NC(=O)COC(=O)c1nc(-c2cccs2)n(-c2ccc(F)cc2)n1. The van der Waals surface area contributed by atoms with E-state index in [-0.39, 0.29) is 19.0 Å². The second-order valence-corrected chi connectivity index (χ2v) is 6.95. The van der Waals surface area contributed by atoms with E-state index < -0.39 is 30.3 Å². The molecule has 0 radical (unpaired) electrons. The molecule has 0 spiro atoms. The first-order chi connectivity index (χ1) is 15.0. The molecule has 3 rings (SSSR count). The summed E-state index contributed by atoms with van der Waals surface area (Å²) in [5.74, 6) is -2.12. The lowest BCUT2D eigenvalue weighted by Gasteiger charge is -2.06. The topological polar surface area (TPSA) is 124 Å². The van der Waals surface area contributed by atoms with Gasteiger partial charge in [0.25, 0.3) is 11.7 Å². The van der Waals surface area contributed by atoms with Crippen molar-refractivity contribution in [2.75, 3.05) is 26.9 Å². The highest BCUT2D eigenvalue weighted by Crippen LogP contribution is 2.25. The third-order valence-corrected chi connectivity index (χ3v) is 4.65. The molecule has 2 N–H and O–H groups in total. The number of hydrogen-bond donors (Lipinski definition) is 2. The number of nitrogens with one attached hydrogen (secondary N) is 2. The van der Waals surface area contributed by atoms with Gasteiger partial charge in [0.1, 0.15) is 5.82 Å². The minimum absolute atomic E-state index is 0.214. The van der Waals surface area contributed by atoms with Crippen LogP contribution in [-0.4, -0.2) is 59.5 Å². The molecule has 2 heterocycles. The number of thiophene rings is 1. The number of imide groups is 1. The molecule has 0 aliphatic rings. The lowest BCUT2D eigenvalue weighted by atomic mass is 10.3. The monoisotopic (exact) mass is 447 g/mol. The average Bonchev–Trinajstić information content (AvgIpc) is 3.42. The van der Waals surface area contributed by atoms with E-state index in [4.69, 9.17) is 9.47 Å². The van der Waals surface area contributed by atoms with Crippen LogP contribution in [0, 0.1) is 5.82 Å². The molecular weight excluding hydrogens is 429 g/mol. The van der Waals surface area contributed by atoms with Crippen LogP contribution >= 0.6 is 11.3 Å². The molecule has 31 heavy (non-hydrogen) atoms. The van der Waals surface area contributed by atoms with Gasteiger partial charge in [-0.3, -0.25) is 10.1 Å². The fraction of sp³-hybridized carbons (Fsp3) is 0.211. The average molecular weight is 447 g/mol. The zero-order valence-electron chi connectivity index (χ0n) is 16.3. The zero-order valence-corrected chi connectivity index (χ0v) is 17.1.